The molecule has 0 unspecified atom stereocenters. The van der Waals surface area contributed by atoms with E-state index in [1.54, 1.807) is 6.07 Å². The number of rotatable bonds is 5. The number of ether oxygens (including phenoxy) is 1. The molecule has 0 saturated heterocycles. The van der Waals surface area contributed by atoms with Gasteiger partial charge in [0, 0.05) is 17.7 Å². The quantitative estimate of drug-likeness (QED) is 0.332. The van der Waals surface area contributed by atoms with Gasteiger partial charge in [-0.3, -0.25) is 14.9 Å². The predicted molar refractivity (Wildman–Crippen MR) is 98.1 cm³/mol. The van der Waals surface area contributed by atoms with Crippen LogP contribution in [-0.4, -0.2) is 23.3 Å². The van der Waals surface area contributed by atoms with Gasteiger partial charge in [0.05, 0.1) is 15.5 Å². The van der Waals surface area contributed by atoms with E-state index in [0.717, 1.165) is 34.4 Å². The summed E-state index contributed by atoms with van der Waals surface area (Å²) in [5.74, 6) is -1.13. The topological polar surface area (TPSA) is 86.5 Å². The van der Waals surface area contributed by atoms with Crippen LogP contribution in [0.25, 0.3) is 0 Å². The Kier molecular flexibility index (Phi) is 5.77. The molecule has 2 rings (SSSR count). The standard InChI is InChI=1S/C19H18ClNO5/c1-10-7-16(13(4)12(3)11(10)2)18(22)9-26-19(23)15-6-5-14(21(24)25)8-17(15)20/h5-8H,9H2,1-4H3. The highest BCUT2D eigenvalue weighted by atomic mass is 35.5. The maximum absolute atomic E-state index is 12.4. The monoisotopic (exact) mass is 375 g/mol. The van der Waals surface area contributed by atoms with Crippen LogP contribution in [0.2, 0.25) is 5.02 Å². The Labute approximate surface area is 155 Å². The number of esters is 1. The van der Waals surface area contributed by atoms with Gasteiger partial charge in [-0.2, -0.15) is 0 Å². The maximum atomic E-state index is 12.4. The van der Waals surface area contributed by atoms with Gasteiger partial charge in [0.15, 0.2) is 6.61 Å². The largest absolute Gasteiger partial charge is 0.454 e. The Balaban J connectivity index is 2.15. The summed E-state index contributed by atoms with van der Waals surface area (Å²) in [4.78, 5) is 34.7. The first kappa shape index (κ1) is 19.6. The van der Waals surface area contributed by atoms with E-state index < -0.39 is 17.5 Å². The number of hydrogen-bond donors (Lipinski definition) is 0. The van der Waals surface area contributed by atoms with Gasteiger partial charge in [-0.25, -0.2) is 4.79 Å². The van der Waals surface area contributed by atoms with Crippen molar-refractivity contribution in [1.29, 1.82) is 0 Å². The van der Waals surface area contributed by atoms with Crippen molar-refractivity contribution >= 4 is 29.0 Å². The van der Waals surface area contributed by atoms with Gasteiger partial charge in [0.2, 0.25) is 5.78 Å². The Morgan fingerprint density at radius 1 is 1.04 bits per heavy atom. The fourth-order valence-electron chi connectivity index (χ4n) is 2.57. The zero-order chi connectivity index (χ0) is 19.6. The van der Waals surface area contributed by atoms with Crippen molar-refractivity contribution in [2.45, 2.75) is 27.7 Å². The van der Waals surface area contributed by atoms with Gasteiger partial charge in [0.25, 0.3) is 5.69 Å². The zero-order valence-corrected chi connectivity index (χ0v) is 15.6. The number of nitrogens with zero attached hydrogens (tertiary/aromatic N) is 1. The first-order chi connectivity index (χ1) is 12.1. The summed E-state index contributed by atoms with van der Waals surface area (Å²) in [6.45, 7) is 7.26. The molecule has 26 heavy (non-hydrogen) atoms. The number of nitro benzene ring substituents is 1. The summed E-state index contributed by atoms with van der Waals surface area (Å²) in [7, 11) is 0. The summed E-state index contributed by atoms with van der Waals surface area (Å²) in [5.41, 5.74) is 4.23. The van der Waals surface area contributed by atoms with Crippen LogP contribution in [0.5, 0.6) is 0 Å². The molecule has 2 aromatic rings. The molecule has 0 atom stereocenters. The number of nitro groups is 1. The first-order valence-electron chi connectivity index (χ1n) is 7.85. The van der Waals surface area contributed by atoms with Gasteiger partial charge >= 0.3 is 5.97 Å². The molecule has 0 spiro atoms. The summed E-state index contributed by atoms with van der Waals surface area (Å²) < 4.78 is 5.05. The lowest BCUT2D eigenvalue weighted by Gasteiger charge is -2.13. The molecule has 0 aromatic heterocycles. The van der Waals surface area contributed by atoms with Crippen LogP contribution in [0, 0.1) is 37.8 Å². The number of carbonyl (C=O) groups excluding carboxylic acids is 2. The van der Waals surface area contributed by atoms with Crippen LogP contribution >= 0.6 is 11.6 Å². The fourth-order valence-corrected chi connectivity index (χ4v) is 2.82. The third kappa shape index (κ3) is 3.91. The van der Waals surface area contributed by atoms with Gasteiger partial charge in [0.1, 0.15) is 0 Å². The van der Waals surface area contributed by atoms with E-state index in [1.165, 1.54) is 6.07 Å². The molecule has 0 aliphatic heterocycles. The molecule has 0 saturated carbocycles. The highest BCUT2D eigenvalue weighted by Crippen LogP contribution is 2.24. The van der Waals surface area contributed by atoms with Crippen molar-refractivity contribution in [3.63, 3.8) is 0 Å². The number of benzene rings is 2. The summed E-state index contributed by atoms with van der Waals surface area (Å²) in [5, 5.41) is 10.6. The normalized spacial score (nSPS) is 10.5. The SMILES string of the molecule is Cc1cc(C(=O)COC(=O)c2ccc([N+](=O)[O-])cc2Cl)c(C)c(C)c1C. The molecule has 0 amide bonds. The molecule has 0 radical (unpaired) electrons. The highest BCUT2D eigenvalue weighted by molar-refractivity contribution is 6.33. The van der Waals surface area contributed by atoms with Crippen molar-refractivity contribution in [3.05, 3.63) is 72.8 Å². The molecule has 0 heterocycles. The van der Waals surface area contributed by atoms with E-state index in [-0.39, 0.29) is 22.1 Å². The second kappa shape index (κ2) is 7.66. The molecule has 2 aromatic carbocycles. The molecule has 0 bridgehead atoms. The number of non-ortho nitro benzene ring substituents is 1. The molecular weight excluding hydrogens is 358 g/mol. The third-order valence-corrected chi connectivity index (χ3v) is 4.81. The smallest absolute Gasteiger partial charge is 0.340 e. The summed E-state index contributed by atoms with van der Waals surface area (Å²) in [6.07, 6.45) is 0. The van der Waals surface area contributed by atoms with Crippen LogP contribution in [0.1, 0.15) is 43.0 Å². The van der Waals surface area contributed by atoms with E-state index >= 15 is 0 Å². The van der Waals surface area contributed by atoms with Crippen molar-refractivity contribution < 1.29 is 19.2 Å². The highest BCUT2D eigenvalue weighted by Gasteiger charge is 2.19. The van der Waals surface area contributed by atoms with E-state index in [0.29, 0.717) is 5.56 Å². The Morgan fingerprint density at radius 2 is 1.69 bits per heavy atom. The van der Waals surface area contributed by atoms with Crippen LogP contribution in [-0.2, 0) is 4.74 Å². The van der Waals surface area contributed by atoms with Gasteiger partial charge in [-0.05, 0) is 62.1 Å². The molecule has 6 nitrogen and oxygen atoms in total. The maximum Gasteiger partial charge on any atom is 0.340 e. The first-order valence-corrected chi connectivity index (χ1v) is 8.23. The minimum Gasteiger partial charge on any atom is -0.454 e. The van der Waals surface area contributed by atoms with Crippen molar-refractivity contribution in [2.24, 2.45) is 0 Å². The van der Waals surface area contributed by atoms with Crippen LogP contribution < -0.4 is 0 Å². The molecular formula is C19H18ClNO5. The predicted octanol–water partition coefficient (Wildman–Crippen LogP) is 4.52. The lowest BCUT2D eigenvalue weighted by Crippen LogP contribution is -2.16. The average molecular weight is 376 g/mol. The third-order valence-electron chi connectivity index (χ3n) is 4.50. The van der Waals surface area contributed by atoms with Crippen LogP contribution in [0.15, 0.2) is 24.3 Å². The van der Waals surface area contributed by atoms with E-state index in [4.69, 9.17) is 16.3 Å². The van der Waals surface area contributed by atoms with Crippen LogP contribution in [0.4, 0.5) is 5.69 Å². The molecule has 136 valence electrons. The fraction of sp³-hybridized carbons (Fsp3) is 0.263. The molecule has 0 aliphatic rings. The Morgan fingerprint density at radius 3 is 2.27 bits per heavy atom. The summed E-state index contributed by atoms with van der Waals surface area (Å²) >= 11 is 5.89. The van der Waals surface area contributed by atoms with Gasteiger partial charge < -0.3 is 4.74 Å². The van der Waals surface area contributed by atoms with Gasteiger partial charge in [-0.15, -0.1) is 0 Å². The minimum absolute atomic E-state index is 0.0296. The average Bonchev–Trinajstić information content (AvgIpc) is 2.60. The number of ketones is 1. The van der Waals surface area contributed by atoms with Gasteiger partial charge in [-0.1, -0.05) is 11.6 Å². The van der Waals surface area contributed by atoms with Crippen molar-refractivity contribution in [3.8, 4) is 0 Å². The zero-order valence-electron chi connectivity index (χ0n) is 14.9. The number of hydrogen-bond acceptors (Lipinski definition) is 5. The Hall–Kier alpha value is -2.73. The molecule has 0 aliphatic carbocycles. The molecule has 7 heteroatoms. The van der Waals surface area contributed by atoms with Crippen molar-refractivity contribution in [1.82, 2.24) is 0 Å². The number of halogens is 1. The number of carbonyl (C=O) groups is 2. The lowest BCUT2D eigenvalue weighted by molar-refractivity contribution is -0.384. The van der Waals surface area contributed by atoms with Crippen molar-refractivity contribution in [2.75, 3.05) is 6.61 Å². The second-order valence-electron chi connectivity index (χ2n) is 6.04. The Bertz CT molecular complexity index is 921. The van der Waals surface area contributed by atoms with E-state index in [2.05, 4.69) is 0 Å². The summed E-state index contributed by atoms with van der Waals surface area (Å²) in [6, 6.07) is 5.21. The number of aryl methyl sites for hydroxylation is 1. The van der Waals surface area contributed by atoms with Crippen LogP contribution in [0.3, 0.4) is 0 Å². The number of Topliss-reactive ketones (excluding diaryl/α,β-unsaturated/α-hetero) is 1. The van der Waals surface area contributed by atoms with E-state index in [9.17, 15) is 19.7 Å². The minimum atomic E-state index is -0.809. The molecule has 0 fully saturated rings. The molecule has 0 N–H and O–H groups in total. The lowest BCUT2D eigenvalue weighted by atomic mass is 9.93. The second-order valence-corrected chi connectivity index (χ2v) is 6.44. The van der Waals surface area contributed by atoms with E-state index in [1.807, 2.05) is 27.7 Å².